The number of carbonyl (C=O) groups is 1. The predicted octanol–water partition coefficient (Wildman–Crippen LogP) is 2.53. The largest absolute Gasteiger partial charge is 0.506 e. The number of phenols is 1. The fourth-order valence-electron chi connectivity index (χ4n) is 1.19. The van der Waals surface area contributed by atoms with Gasteiger partial charge in [0.2, 0.25) is 0 Å². The van der Waals surface area contributed by atoms with E-state index in [1.165, 1.54) is 17.8 Å². The molecule has 0 unspecified atom stereocenters. The second kappa shape index (κ2) is 4.45. The van der Waals surface area contributed by atoms with Crippen LogP contribution >= 0.6 is 35.6 Å². The first-order chi connectivity index (χ1) is 7.56. The summed E-state index contributed by atoms with van der Waals surface area (Å²) < 4.78 is 0.445. The SMILES string of the molecule is O=C1NC(=S)SC1=Cc1ccc(O)c(Cl)c1. The first-order valence-electron chi connectivity index (χ1n) is 4.29. The molecule has 0 aromatic heterocycles. The third kappa shape index (κ3) is 2.37. The van der Waals surface area contributed by atoms with Gasteiger partial charge in [0.15, 0.2) is 0 Å². The summed E-state index contributed by atoms with van der Waals surface area (Å²) in [5.41, 5.74) is 0.741. The molecule has 6 heteroatoms. The lowest BCUT2D eigenvalue weighted by atomic mass is 10.2. The summed E-state index contributed by atoms with van der Waals surface area (Å²) in [5.74, 6) is -0.193. The molecule has 0 atom stereocenters. The van der Waals surface area contributed by atoms with E-state index in [1.54, 1.807) is 18.2 Å². The van der Waals surface area contributed by atoms with Gasteiger partial charge < -0.3 is 10.4 Å². The Kier molecular flexibility index (Phi) is 3.18. The molecule has 16 heavy (non-hydrogen) atoms. The monoisotopic (exact) mass is 271 g/mol. The Morgan fingerprint density at radius 1 is 1.50 bits per heavy atom. The van der Waals surface area contributed by atoms with Crippen LogP contribution in [0, 0.1) is 0 Å². The molecule has 2 N–H and O–H groups in total. The van der Waals surface area contributed by atoms with Crippen LogP contribution in [0.3, 0.4) is 0 Å². The lowest BCUT2D eigenvalue weighted by Gasteiger charge is -1.98. The fraction of sp³-hybridized carbons (Fsp3) is 0. The lowest BCUT2D eigenvalue weighted by Crippen LogP contribution is -2.17. The third-order valence-corrected chi connectivity index (χ3v) is 3.38. The molecule has 82 valence electrons. The fourth-order valence-corrected chi connectivity index (χ4v) is 2.42. The molecule has 1 aliphatic rings. The molecule has 1 saturated heterocycles. The van der Waals surface area contributed by atoms with Gasteiger partial charge in [-0.1, -0.05) is 41.6 Å². The van der Waals surface area contributed by atoms with Crippen LogP contribution in [0.5, 0.6) is 5.75 Å². The van der Waals surface area contributed by atoms with Gasteiger partial charge in [-0.05, 0) is 23.8 Å². The number of halogens is 1. The van der Waals surface area contributed by atoms with Crippen molar-refractivity contribution in [3.63, 3.8) is 0 Å². The number of thioether (sulfide) groups is 1. The molecule has 3 nitrogen and oxygen atoms in total. The zero-order valence-corrected chi connectivity index (χ0v) is 10.2. The van der Waals surface area contributed by atoms with E-state index in [-0.39, 0.29) is 16.7 Å². The molecule has 2 rings (SSSR count). The number of rotatable bonds is 1. The highest BCUT2D eigenvalue weighted by atomic mass is 35.5. The molecule has 0 saturated carbocycles. The van der Waals surface area contributed by atoms with Crippen LogP contribution in [0.4, 0.5) is 0 Å². The van der Waals surface area contributed by atoms with E-state index in [0.29, 0.717) is 9.23 Å². The summed E-state index contributed by atoms with van der Waals surface area (Å²) in [6, 6.07) is 4.73. The molecular weight excluding hydrogens is 266 g/mol. The van der Waals surface area contributed by atoms with Crippen molar-refractivity contribution in [2.45, 2.75) is 0 Å². The van der Waals surface area contributed by atoms with Crippen molar-refractivity contribution in [2.24, 2.45) is 0 Å². The molecule has 0 aliphatic carbocycles. The zero-order valence-electron chi connectivity index (χ0n) is 7.86. The van der Waals surface area contributed by atoms with Crippen LogP contribution < -0.4 is 5.32 Å². The Morgan fingerprint density at radius 2 is 2.25 bits per heavy atom. The van der Waals surface area contributed by atoms with Crippen LogP contribution in [-0.2, 0) is 4.79 Å². The number of aromatic hydroxyl groups is 1. The van der Waals surface area contributed by atoms with E-state index in [9.17, 15) is 9.90 Å². The van der Waals surface area contributed by atoms with Gasteiger partial charge in [-0.3, -0.25) is 4.79 Å². The summed E-state index contributed by atoms with van der Waals surface area (Å²) in [6.45, 7) is 0. The molecule has 1 aliphatic heterocycles. The number of amides is 1. The van der Waals surface area contributed by atoms with E-state index >= 15 is 0 Å². The average Bonchev–Trinajstić information content (AvgIpc) is 2.51. The molecule has 1 amide bonds. The van der Waals surface area contributed by atoms with Gasteiger partial charge >= 0.3 is 0 Å². The molecule has 0 bridgehead atoms. The highest BCUT2D eigenvalue weighted by Crippen LogP contribution is 2.29. The van der Waals surface area contributed by atoms with Crippen LogP contribution in [-0.4, -0.2) is 15.3 Å². The smallest absolute Gasteiger partial charge is 0.263 e. The highest BCUT2D eigenvalue weighted by molar-refractivity contribution is 8.26. The van der Waals surface area contributed by atoms with Crippen molar-refractivity contribution >= 4 is 51.9 Å². The van der Waals surface area contributed by atoms with E-state index in [1.807, 2.05) is 0 Å². The maximum absolute atomic E-state index is 11.4. The second-order valence-corrected chi connectivity index (χ2v) is 5.19. The number of hydrogen-bond donors (Lipinski definition) is 2. The van der Waals surface area contributed by atoms with Crippen molar-refractivity contribution in [3.8, 4) is 5.75 Å². The van der Waals surface area contributed by atoms with Gasteiger partial charge in [-0.2, -0.15) is 0 Å². The van der Waals surface area contributed by atoms with Gasteiger partial charge in [0, 0.05) is 0 Å². The Morgan fingerprint density at radius 3 is 2.81 bits per heavy atom. The molecule has 1 heterocycles. The Balaban J connectivity index is 2.32. The number of hydrogen-bond acceptors (Lipinski definition) is 4. The van der Waals surface area contributed by atoms with Crippen LogP contribution in [0.1, 0.15) is 5.56 Å². The Labute approximate surface area is 106 Å². The van der Waals surface area contributed by atoms with Crippen LogP contribution in [0.25, 0.3) is 6.08 Å². The maximum Gasteiger partial charge on any atom is 0.263 e. The predicted molar refractivity (Wildman–Crippen MR) is 69.4 cm³/mol. The van der Waals surface area contributed by atoms with Gasteiger partial charge in [-0.15, -0.1) is 0 Å². The summed E-state index contributed by atoms with van der Waals surface area (Å²) in [4.78, 5) is 11.9. The topological polar surface area (TPSA) is 49.3 Å². The Bertz CT molecular complexity index is 514. The standard InChI is InChI=1S/C10H6ClNO2S2/c11-6-3-5(1-2-7(6)13)4-8-9(14)12-10(15)16-8/h1-4,13H,(H,12,14,15). The van der Waals surface area contributed by atoms with Gasteiger partial charge in [0.1, 0.15) is 10.1 Å². The van der Waals surface area contributed by atoms with Crippen molar-refractivity contribution in [1.29, 1.82) is 0 Å². The van der Waals surface area contributed by atoms with Crippen LogP contribution in [0.2, 0.25) is 5.02 Å². The molecule has 1 aromatic rings. The summed E-state index contributed by atoms with van der Waals surface area (Å²) in [7, 11) is 0. The number of carbonyl (C=O) groups excluding carboxylic acids is 1. The number of phenolic OH excluding ortho intramolecular Hbond substituents is 1. The number of nitrogens with one attached hydrogen (secondary N) is 1. The summed E-state index contributed by atoms with van der Waals surface area (Å²) in [6.07, 6.45) is 1.67. The zero-order chi connectivity index (χ0) is 11.7. The molecule has 1 aromatic carbocycles. The maximum atomic E-state index is 11.4. The highest BCUT2D eigenvalue weighted by Gasteiger charge is 2.21. The minimum Gasteiger partial charge on any atom is -0.506 e. The van der Waals surface area contributed by atoms with E-state index in [2.05, 4.69) is 5.32 Å². The average molecular weight is 272 g/mol. The quantitative estimate of drug-likeness (QED) is 0.609. The van der Waals surface area contributed by atoms with Crippen molar-refractivity contribution < 1.29 is 9.90 Å². The molecule has 0 radical (unpaired) electrons. The molecule has 1 fully saturated rings. The number of thiocarbonyl (C=S) groups is 1. The summed E-state index contributed by atoms with van der Waals surface area (Å²) in [5, 5.41) is 12.0. The van der Waals surface area contributed by atoms with Crippen molar-refractivity contribution in [2.75, 3.05) is 0 Å². The van der Waals surface area contributed by atoms with E-state index in [4.69, 9.17) is 23.8 Å². The van der Waals surface area contributed by atoms with Crippen molar-refractivity contribution in [3.05, 3.63) is 33.7 Å². The second-order valence-electron chi connectivity index (χ2n) is 3.06. The first-order valence-corrected chi connectivity index (χ1v) is 5.90. The van der Waals surface area contributed by atoms with E-state index in [0.717, 1.165) is 5.56 Å². The normalized spacial score (nSPS) is 17.9. The molecular formula is C10H6ClNO2S2. The number of benzene rings is 1. The Hall–Kier alpha value is -1.04. The van der Waals surface area contributed by atoms with Crippen molar-refractivity contribution in [1.82, 2.24) is 5.32 Å². The van der Waals surface area contributed by atoms with Gasteiger partial charge in [0.25, 0.3) is 5.91 Å². The minimum absolute atomic E-state index is 0.0165. The van der Waals surface area contributed by atoms with Gasteiger partial charge in [-0.25, -0.2) is 0 Å². The molecule has 0 spiro atoms. The first kappa shape index (κ1) is 11.4. The van der Waals surface area contributed by atoms with Crippen LogP contribution in [0.15, 0.2) is 23.1 Å². The lowest BCUT2D eigenvalue weighted by molar-refractivity contribution is -0.115. The third-order valence-electron chi connectivity index (χ3n) is 1.91. The summed E-state index contributed by atoms with van der Waals surface area (Å²) >= 11 is 11.8. The van der Waals surface area contributed by atoms with Gasteiger partial charge in [0.05, 0.1) is 9.93 Å². The van der Waals surface area contributed by atoms with E-state index < -0.39 is 0 Å². The minimum atomic E-state index is -0.209.